The van der Waals surface area contributed by atoms with Crippen LogP contribution in [0.15, 0.2) is 53.6 Å². The first kappa shape index (κ1) is 26.2. The zero-order chi connectivity index (χ0) is 25.8. The van der Waals surface area contributed by atoms with Crippen molar-refractivity contribution < 1.29 is 20.1 Å². The smallest absolute Gasteiger partial charge is 0.260 e. The number of benzene rings is 2. The number of hydrogen-bond donors (Lipinski definition) is 4. The Morgan fingerprint density at radius 2 is 1.74 bits per heavy atom. The lowest BCUT2D eigenvalue weighted by molar-refractivity contribution is 0.0991. The fourth-order valence-corrected chi connectivity index (χ4v) is 4.42. The predicted molar refractivity (Wildman–Crippen MR) is 143 cm³/mol. The molecule has 1 aliphatic rings. The maximum absolute atomic E-state index is 13.5. The van der Waals surface area contributed by atoms with E-state index < -0.39 is 0 Å². The number of fused-ring (bicyclic) bond motifs is 2. The third-order valence-electron chi connectivity index (χ3n) is 6.56. The molecule has 1 aliphatic heterocycles. The Morgan fingerprint density at radius 1 is 1.00 bits per heavy atom. The minimum Gasteiger partial charge on any atom is -0.508 e. The minimum atomic E-state index is -0.323. The Morgan fingerprint density at radius 3 is 2.46 bits per heavy atom. The second-order valence-corrected chi connectivity index (χ2v) is 10.5. The number of rotatable bonds is 9. The van der Waals surface area contributed by atoms with Gasteiger partial charge in [0.2, 0.25) is 0 Å². The average molecular weight is 479 g/mol. The molecule has 4 N–H and O–H groups in total. The number of para-hydroxylation sites is 1. The Hall–Kier alpha value is -3.41. The molecule has 0 unspecified atom stereocenters. The van der Waals surface area contributed by atoms with Gasteiger partial charge in [0, 0.05) is 18.7 Å². The summed E-state index contributed by atoms with van der Waals surface area (Å²) in [6.45, 7) is 11.2. The van der Waals surface area contributed by atoms with E-state index in [0.717, 1.165) is 32.1 Å². The molecule has 188 valence electrons. The summed E-state index contributed by atoms with van der Waals surface area (Å²) in [4.78, 5) is 15.0. The molecule has 3 rings (SSSR count). The van der Waals surface area contributed by atoms with Gasteiger partial charge in [0.05, 0.1) is 16.9 Å². The Balaban J connectivity index is 1.76. The van der Waals surface area contributed by atoms with E-state index in [1.165, 1.54) is 34.2 Å². The summed E-state index contributed by atoms with van der Waals surface area (Å²) in [7, 11) is 0. The SMILES string of the molecule is CC(C)=CCCC(C)(C)CCC/C(C)=C/CN1C(=O)c2cccc(O)c2Nc2c(O)cc(O)cc21. The lowest BCUT2D eigenvalue weighted by Gasteiger charge is -2.24. The molecular weight excluding hydrogens is 440 g/mol. The maximum atomic E-state index is 13.5. The van der Waals surface area contributed by atoms with Crippen LogP contribution in [0.1, 0.15) is 77.1 Å². The first-order chi connectivity index (χ1) is 16.5. The number of carbonyl (C=O) groups is 1. The Labute approximate surface area is 208 Å². The third kappa shape index (κ3) is 6.59. The molecule has 0 bridgehead atoms. The molecule has 0 spiro atoms. The van der Waals surface area contributed by atoms with Crippen LogP contribution in [0.5, 0.6) is 17.2 Å². The molecule has 0 saturated carbocycles. The van der Waals surface area contributed by atoms with Crippen LogP contribution in [-0.2, 0) is 0 Å². The number of aromatic hydroxyl groups is 3. The molecule has 0 aromatic heterocycles. The summed E-state index contributed by atoms with van der Waals surface area (Å²) in [5.74, 6) is -0.760. The Kier molecular flexibility index (Phi) is 8.15. The number of anilines is 3. The predicted octanol–water partition coefficient (Wildman–Crippen LogP) is 7.40. The number of phenolic OH excluding ortho intramolecular Hbond substituents is 3. The maximum Gasteiger partial charge on any atom is 0.260 e. The lowest BCUT2D eigenvalue weighted by atomic mass is 9.82. The number of nitrogens with one attached hydrogen (secondary N) is 1. The first-order valence-electron chi connectivity index (χ1n) is 12.2. The van der Waals surface area contributed by atoms with Crippen molar-refractivity contribution in [1.29, 1.82) is 0 Å². The van der Waals surface area contributed by atoms with E-state index in [2.05, 4.69) is 46.0 Å². The second kappa shape index (κ2) is 10.9. The fourth-order valence-electron chi connectivity index (χ4n) is 4.42. The molecule has 6 nitrogen and oxygen atoms in total. The van der Waals surface area contributed by atoms with Gasteiger partial charge in [-0.05, 0) is 70.4 Å². The highest BCUT2D eigenvalue weighted by atomic mass is 16.3. The van der Waals surface area contributed by atoms with Gasteiger partial charge in [-0.1, -0.05) is 43.2 Å². The highest BCUT2D eigenvalue weighted by Crippen LogP contribution is 2.45. The second-order valence-electron chi connectivity index (χ2n) is 10.5. The van der Waals surface area contributed by atoms with Crippen LogP contribution in [-0.4, -0.2) is 27.8 Å². The van der Waals surface area contributed by atoms with Crippen LogP contribution in [0.3, 0.4) is 0 Å². The molecule has 35 heavy (non-hydrogen) atoms. The van der Waals surface area contributed by atoms with Crippen molar-refractivity contribution in [3.63, 3.8) is 0 Å². The molecule has 0 aliphatic carbocycles. The Bertz CT molecular complexity index is 1140. The molecule has 6 heteroatoms. The summed E-state index contributed by atoms with van der Waals surface area (Å²) in [5, 5.41) is 33.9. The van der Waals surface area contributed by atoms with Gasteiger partial charge in [-0.3, -0.25) is 4.79 Å². The van der Waals surface area contributed by atoms with Crippen LogP contribution < -0.4 is 10.2 Å². The van der Waals surface area contributed by atoms with Gasteiger partial charge >= 0.3 is 0 Å². The molecule has 0 saturated heterocycles. The van der Waals surface area contributed by atoms with Crippen molar-refractivity contribution in [3.05, 3.63) is 59.2 Å². The molecule has 0 radical (unpaired) electrons. The van der Waals surface area contributed by atoms with Gasteiger partial charge in [-0.15, -0.1) is 0 Å². The number of allylic oxidation sites excluding steroid dienone is 3. The van der Waals surface area contributed by atoms with E-state index in [4.69, 9.17) is 0 Å². The zero-order valence-electron chi connectivity index (χ0n) is 21.5. The van der Waals surface area contributed by atoms with Gasteiger partial charge in [0.1, 0.15) is 22.9 Å². The molecule has 1 amide bonds. The number of nitrogens with zero attached hydrogens (tertiary/aromatic N) is 1. The summed E-state index contributed by atoms with van der Waals surface area (Å²) in [6, 6.07) is 7.38. The van der Waals surface area contributed by atoms with Gasteiger partial charge in [0.25, 0.3) is 5.91 Å². The minimum absolute atomic E-state index is 0.0879. The van der Waals surface area contributed by atoms with Crippen molar-refractivity contribution in [2.24, 2.45) is 5.41 Å². The van der Waals surface area contributed by atoms with Crippen LogP contribution in [0.25, 0.3) is 0 Å². The largest absolute Gasteiger partial charge is 0.508 e. The quantitative estimate of drug-likeness (QED) is 0.171. The molecule has 1 heterocycles. The number of carbonyl (C=O) groups excluding carboxylic acids is 1. The number of phenols is 3. The monoisotopic (exact) mass is 478 g/mol. The fraction of sp³-hybridized carbons (Fsp3) is 0.414. The van der Waals surface area contributed by atoms with Gasteiger partial charge in [-0.2, -0.15) is 0 Å². The summed E-state index contributed by atoms with van der Waals surface area (Å²) < 4.78 is 0. The molecule has 2 aromatic carbocycles. The van der Waals surface area contributed by atoms with Crippen molar-refractivity contribution in [2.75, 3.05) is 16.8 Å². The standard InChI is InChI=1S/C29H38N2O4/c1-19(2)9-7-14-29(4,5)15-8-10-20(3)13-16-31-23-17-21(32)18-25(34)27(23)30-26-22(28(31)35)11-6-12-24(26)33/h6,9,11-13,17-18,30,32-34H,7-8,10,14-16H2,1-5H3/b20-13+. The van der Waals surface area contributed by atoms with Crippen LogP contribution in [0, 0.1) is 5.41 Å². The summed E-state index contributed by atoms with van der Waals surface area (Å²) in [5.41, 5.74) is 3.96. The molecular formula is C29H38N2O4. The van der Waals surface area contributed by atoms with Crippen molar-refractivity contribution in [1.82, 2.24) is 0 Å². The summed E-state index contributed by atoms with van der Waals surface area (Å²) in [6.07, 6.45) is 9.70. The van der Waals surface area contributed by atoms with E-state index in [0.29, 0.717) is 11.3 Å². The lowest BCUT2D eigenvalue weighted by Crippen LogP contribution is -2.30. The van der Waals surface area contributed by atoms with E-state index in [1.54, 1.807) is 12.1 Å². The van der Waals surface area contributed by atoms with Crippen LogP contribution in [0.4, 0.5) is 17.1 Å². The average Bonchev–Trinajstić information content (AvgIpc) is 2.87. The molecule has 0 atom stereocenters. The van der Waals surface area contributed by atoms with Crippen molar-refractivity contribution in [3.8, 4) is 17.2 Å². The van der Waals surface area contributed by atoms with Crippen molar-refractivity contribution >= 4 is 23.0 Å². The van der Waals surface area contributed by atoms with Crippen LogP contribution >= 0.6 is 0 Å². The highest BCUT2D eigenvalue weighted by Gasteiger charge is 2.30. The van der Waals surface area contributed by atoms with E-state index in [9.17, 15) is 20.1 Å². The number of amides is 1. The number of hydrogen-bond acceptors (Lipinski definition) is 5. The highest BCUT2D eigenvalue weighted by molar-refractivity contribution is 6.15. The van der Waals surface area contributed by atoms with Gasteiger partial charge in [0.15, 0.2) is 0 Å². The van der Waals surface area contributed by atoms with E-state index in [-0.39, 0.29) is 46.5 Å². The normalized spacial score (nSPS) is 13.6. The summed E-state index contributed by atoms with van der Waals surface area (Å²) >= 11 is 0. The van der Waals surface area contributed by atoms with Gasteiger partial charge < -0.3 is 25.5 Å². The van der Waals surface area contributed by atoms with Crippen molar-refractivity contribution in [2.45, 2.75) is 66.7 Å². The van der Waals surface area contributed by atoms with Gasteiger partial charge in [-0.25, -0.2) is 0 Å². The molecule has 2 aromatic rings. The topological polar surface area (TPSA) is 93.0 Å². The van der Waals surface area contributed by atoms with E-state index >= 15 is 0 Å². The van der Waals surface area contributed by atoms with Crippen LogP contribution in [0.2, 0.25) is 0 Å². The molecule has 0 fully saturated rings. The zero-order valence-corrected chi connectivity index (χ0v) is 21.5. The third-order valence-corrected chi connectivity index (χ3v) is 6.56. The van der Waals surface area contributed by atoms with E-state index in [1.807, 2.05) is 6.08 Å². The first-order valence-corrected chi connectivity index (χ1v) is 12.2.